The van der Waals surface area contributed by atoms with E-state index in [1.54, 1.807) is 32.9 Å². The van der Waals surface area contributed by atoms with E-state index in [4.69, 9.17) is 6.42 Å². The number of alkyl halides is 8. The minimum atomic E-state index is -5.21. The summed E-state index contributed by atoms with van der Waals surface area (Å²) in [6, 6.07) is -11.6. The molecule has 3 N–H and O–H groups in total. The van der Waals surface area contributed by atoms with Gasteiger partial charge in [0.05, 0.1) is 25.4 Å². The summed E-state index contributed by atoms with van der Waals surface area (Å²) in [6.07, 6.45) is -6.85. The van der Waals surface area contributed by atoms with Crippen LogP contribution in [0.15, 0.2) is 12.2 Å². The van der Waals surface area contributed by atoms with Crippen LogP contribution in [0.4, 0.5) is 35.1 Å². The van der Waals surface area contributed by atoms with Crippen molar-refractivity contribution in [2.24, 2.45) is 46.8 Å². The van der Waals surface area contributed by atoms with Crippen molar-refractivity contribution in [3.8, 4) is 12.3 Å². The second kappa shape index (κ2) is 37.1. The second-order valence-electron chi connectivity index (χ2n) is 33.2. The van der Waals surface area contributed by atoms with Crippen LogP contribution in [0.2, 0.25) is 0 Å². The summed E-state index contributed by atoms with van der Waals surface area (Å²) in [4.78, 5) is 192. The molecule has 0 aromatic heterocycles. The molecule has 7 rings (SSSR count). The molecule has 12 amide bonds. The average molecular weight is 1550 g/mol. The Bertz CT molecular complexity index is 3360. The van der Waals surface area contributed by atoms with Gasteiger partial charge < -0.3 is 60.0 Å². The maximum absolute atomic E-state index is 15.8. The number of fused-ring (bicyclic) bond motifs is 3. The summed E-state index contributed by atoms with van der Waals surface area (Å²) in [7, 11) is 9.38. The predicted molar refractivity (Wildman–Crippen MR) is 387 cm³/mol. The molecule has 612 valence electrons. The highest BCUT2D eigenvalue weighted by atomic mass is 19.4. The highest BCUT2D eigenvalue weighted by molar-refractivity contribution is 6.01. The van der Waals surface area contributed by atoms with Gasteiger partial charge in [-0.3, -0.25) is 57.5 Å². The lowest BCUT2D eigenvalue weighted by atomic mass is 9.58. The van der Waals surface area contributed by atoms with Crippen LogP contribution >= 0.6 is 0 Å². The van der Waals surface area contributed by atoms with Gasteiger partial charge in [0.2, 0.25) is 70.9 Å². The Morgan fingerprint density at radius 3 is 1.86 bits per heavy atom. The molecule has 4 saturated carbocycles. The van der Waals surface area contributed by atoms with Crippen LogP contribution in [-0.2, 0) is 57.5 Å². The topological polar surface area (TPSA) is 270 Å². The molecule has 0 radical (unpaired) electrons. The minimum absolute atomic E-state index is 0.00416. The number of likely N-dealkylation sites (N-methyl/N-ethyl adjacent to an activating group) is 7. The Hall–Kier alpha value is -7.62. The standard InChI is InChI=1S/C77H116F8N12O12/c1-15-23-54-65(101)87-63(46(5)17-3)71(107)91(10)42-61(100)93(12)55-26-19-18-22-34-96(70(55)106)58(38-47-27-30-50(31-28-47)76(80,81)82)69(105)90(9)41-59(98)86-53(32-29-48-36-51(78)62(52(79)37-48)77(83,84)85)67(103)97-40-45(4)35-56(97)66(102)88-75(43-74(6,7)44-75)73(109)95(14)64(49-24-20-21-25-49)72(108)94(13)57(39-60(99)92(54)11)68(104)89(8)33-16-2/h1,18-19,45-58,62-64H,16-17,20-44H2,2-14H3,(H,86,98)(H,87,101)(H,88,102)/b19-18-/t45-,46-,47?,48?,50?,51?,52?,53-,54-,55-,56-,57-,58-,62?,63-,64-/m0/s1. The summed E-state index contributed by atoms with van der Waals surface area (Å²) in [5, 5.41) is 8.39. The quantitative estimate of drug-likeness (QED) is 0.102. The molecule has 1 spiro atoms. The number of hydrogen-bond acceptors (Lipinski definition) is 12. The first-order valence-corrected chi connectivity index (χ1v) is 38.7. The van der Waals surface area contributed by atoms with Crippen molar-refractivity contribution in [2.45, 2.75) is 261 Å². The molecule has 32 heteroatoms. The number of rotatable bonds is 12. The SMILES string of the molecule is C#CC[C@H]1C(=O)N[C@@H]([C@@H](C)CC)C(=O)N(C)CC(=O)N(C)[C@H]2C/C=C\CCN(C2=O)[C@@H](CC2CCC(C(F)(F)F)CC2)C(=O)N(C)CC(=O)N[C@@H](CCC2CC(F)C(C(F)(F)F)C(F)C2)C(=O)N2C[C@@H](C)C[C@H]2C(=O)NC2(CC(C)(C)C2)C(=O)N(C)[C@@H](C2CCCC2)C(=O)N(C)[C@H](C(=O)N(C)CCC)CC(=O)N1C. The fraction of sp³-hybridized carbons (Fsp3) is 0.792. The van der Waals surface area contributed by atoms with Crippen LogP contribution in [-0.4, -0.2) is 276 Å². The average Bonchev–Trinajstić information content (AvgIpc) is 1.51. The van der Waals surface area contributed by atoms with Crippen molar-refractivity contribution in [1.82, 2.24) is 60.0 Å². The van der Waals surface area contributed by atoms with E-state index in [1.807, 2.05) is 20.8 Å². The van der Waals surface area contributed by atoms with Crippen molar-refractivity contribution in [1.29, 1.82) is 0 Å². The Kier molecular flexibility index (Phi) is 30.2. The lowest BCUT2D eigenvalue weighted by Gasteiger charge is -2.54. The molecular weight excluding hydrogens is 1440 g/mol. The van der Waals surface area contributed by atoms with E-state index in [0.717, 1.165) is 24.5 Å². The normalized spacial score (nSPS) is 32.1. The van der Waals surface area contributed by atoms with E-state index >= 15 is 37.5 Å². The van der Waals surface area contributed by atoms with Crippen molar-refractivity contribution >= 4 is 70.9 Å². The summed E-state index contributed by atoms with van der Waals surface area (Å²) >= 11 is 0. The van der Waals surface area contributed by atoms with E-state index in [-0.39, 0.29) is 90.3 Å². The van der Waals surface area contributed by atoms with Gasteiger partial charge in [0.15, 0.2) is 0 Å². The van der Waals surface area contributed by atoms with Crippen LogP contribution < -0.4 is 16.0 Å². The smallest absolute Gasteiger partial charge is 0.344 e. The highest BCUT2D eigenvalue weighted by Crippen LogP contribution is 2.50. The first-order valence-electron chi connectivity index (χ1n) is 38.7. The zero-order chi connectivity index (χ0) is 81.3. The lowest BCUT2D eigenvalue weighted by molar-refractivity contribution is -0.219. The molecule has 2 saturated heterocycles. The predicted octanol–water partition coefficient (Wildman–Crippen LogP) is 6.98. The molecule has 0 aromatic carbocycles. The third kappa shape index (κ3) is 21.3. The molecule has 7 aliphatic rings. The number of carbonyl (C=O) groups is 12. The van der Waals surface area contributed by atoms with Gasteiger partial charge in [0.25, 0.3) is 0 Å². The Morgan fingerprint density at radius 1 is 0.679 bits per heavy atom. The molecule has 109 heavy (non-hydrogen) atoms. The van der Waals surface area contributed by atoms with E-state index in [1.165, 1.54) is 68.9 Å². The van der Waals surface area contributed by atoms with Crippen LogP contribution in [0.25, 0.3) is 0 Å². The van der Waals surface area contributed by atoms with Gasteiger partial charge in [0.1, 0.15) is 72.1 Å². The fourth-order valence-electron chi connectivity index (χ4n) is 17.9. The van der Waals surface area contributed by atoms with Crippen molar-refractivity contribution in [3.05, 3.63) is 12.2 Å². The van der Waals surface area contributed by atoms with E-state index in [2.05, 4.69) is 21.9 Å². The zero-order valence-electron chi connectivity index (χ0n) is 65.6. The van der Waals surface area contributed by atoms with E-state index < -0.39 is 241 Å². The molecule has 0 aromatic rings. The Labute approximate surface area is 635 Å². The maximum atomic E-state index is 15.8. The van der Waals surface area contributed by atoms with Gasteiger partial charge in [-0.05, 0) is 144 Å². The summed E-state index contributed by atoms with van der Waals surface area (Å²) in [6.45, 7) is 9.06. The number of carbonyl (C=O) groups excluding carboxylic acids is 12. The molecule has 6 fully saturated rings. The van der Waals surface area contributed by atoms with Gasteiger partial charge in [-0.1, -0.05) is 73.0 Å². The van der Waals surface area contributed by atoms with Crippen molar-refractivity contribution in [2.75, 3.05) is 82.1 Å². The van der Waals surface area contributed by atoms with Crippen molar-refractivity contribution < 1.29 is 92.7 Å². The molecule has 4 aliphatic carbocycles. The molecule has 3 heterocycles. The van der Waals surface area contributed by atoms with Gasteiger partial charge in [-0.15, -0.1) is 12.3 Å². The van der Waals surface area contributed by atoms with Crippen LogP contribution in [0.3, 0.4) is 0 Å². The molecule has 2 bridgehead atoms. The van der Waals surface area contributed by atoms with E-state index in [0.29, 0.717) is 38.5 Å². The number of nitrogens with one attached hydrogen (secondary N) is 3. The molecule has 3 aliphatic heterocycles. The van der Waals surface area contributed by atoms with Crippen LogP contribution in [0.1, 0.15) is 183 Å². The second-order valence-corrected chi connectivity index (χ2v) is 33.2. The molecule has 12 atom stereocenters. The van der Waals surface area contributed by atoms with Crippen LogP contribution in [0.5, 0.6) is 0 Å². The highest BCUT2D eigenvalue weighted by Gasteiger charge is 2.60. The Balaban J connectivity index is 1.33. The van der Waals surface area contributed by atoms with Gasteiger partial charge >= 0.3 is 12.4 Å². The summed E-state index contributed by atoms with van der Waals surface area (Å²) in [5.74, 6) is -15.0. The number of nitrogens with zero attached hydrogens (tertiary/aromatic N) is 9. The zero-order valence-corrected chi connectivity index (χ0v) is 65.6. The first-order chi connectivity index (χ1) is 50.9. The fourth-order valence-corrected chi connectivity index (χ4v) is 17.9. The van der Waals surface area contributed by atoms with Crippen molar-refractivity contribution in [3.63, 3.8) is 0 Å². The van der Waals surface area contributed by atoms with Gasteiger partial charge in [-0.2, -0.15) is 26.3 Å². The monoisotopic (exact) mass is 1550 g/mol. The summed E-state index contributed by atoms with van der Waals surface area (Å²) in [5.41, 5.74) is -2.33. The number of amides is 12. The lowest BCUT2D eigenvalue weighted by Crippen LogP contribution is -2.71. The summed E-state index contributed by atoms with van der Waals surface area (Å²) < 4.78 is 115. The Morgan fingerprint density at radius 2 is 1.29 bits per heavy atom. The third-order valence-electron chi connectivity index (χ3n) is 24.2. The molecule has 2 unspecified atom stereocenters. The number of hydrogen-bond donors (Lipinski definition) is 3. The number of halogens is 8. The largest absolute Gasteiger partial charge is 0.397 e. The molecule has 24 nitrogen and oxygen atoms in total. The van der Waals surface area contributed by atoms with Crippen LogP contribution in [0, 0.1) is 59.2 Å². The molecular formula is C77H116F8N12O12. The van der Waals surface area contributed by atoms with Gasteiger partial charge in [0, 0.05) is 75.4 Å². The third-order valence-corrected chi connectivity index (χ3v) is 24.2. The van der Waals surface area contributed by atoms with Gasteiger partial charge in [-0.25, -0.2) is 8.78 Å². The minimum Gasteiger partial charge on any atom is -0.344 e. The maximum Gasteiger partial charge on any atom is 0.397 e. The van der Waals surface area contributed by atoms with E-state index in [9.17, 15) is 55.1 Å². The number of terminal acetylenes is 1. The first kappa shape index (κ1) is 88.6.